The molecule has 0 aromatic heterocycles. The Bertz CT molecular complexity index is 183. The van der Waals surface area contributed by atoms with Crippen molar-refractivity contribution in [3.05, 3.63) is 0 Å². The van der Waals surface area contributed by atoms with Crippen molar-refractivity contribution in [2.45, 2.75) is 57.6 Å². The van der Waals surface area contributed by atoms with Crippen molar-refractivity contribution in [2.24, 2.45) is 5.92 Å². The van der Waals surface area contributed by atoms with E-state index in [4.69, 9.17) is 0 Å². The van der Waals surface area contributed by atoms with Crippen LogP contribution >= 0.6 is 0 Å². The summed E-state index contributed by atoms with van der Waals surface area (Å²) in [4.78, 5) is 2.62. The molecule has 14 heavy (non-hydrogen) atoms. The van der Waals surface area contributed by atoms with Crippen LogP contribution in [0, 0.1) is 5.92 Å². The van der Waals surface area contributed by atoms with E-state index in [9.17, 15) is 5.11 Å². The average molecular weight is 197 g/mol. The third-order valence-electron chi connectivity index (χ3n) is 3.95. The van der Waals surface area contributed by atoms with Gasteiger partial charge in [-0.15, -0.1) is 0 Å². The van der Waals surface area contributed by atoms with Gasteiger partial charge in [0.15, 0.2) is 0 Å². The van der Waals surface area contributed by atoms with Crippen molar-refractivity contribution in [1.29, 1.82) is 0 Å². The van der Waals surface area contributed by atoms with E-state index in [1.807, 2.05) is 0 Å². The third kappa shape index (κ3) is 2.48. The lowest BCUT2D eigenvalue weighted by atomic mass is 10.0. The lowest BCUT2D eigenvalue weighted by Gasteiger charge is -2.27. The van der Waals surface area contributed by atoms with Gasteiger partial charge in [0.2, 0.25) is 0 Å². The lowest BCUT2D eigenvalue weighted by molar-refractivity contribution is 0.152. The molecule has 0 amide bonds. The molecule has 1 heterocycles. The van der Waals surface area contributed by atoms with Crippen LogP contribution in [0.1, 0.15) is 45.4 Å². The minimum atomic E-state index is -0.0133. The molecule has 2 aliphatic rings. The second-order valence-electron chi connectivity index (χ2n) is 5.19. The molecule has 2 nitrogen and oxygen atoms in total. The molecule has 1 saturated heterocycles. The number of hydrogen-bond donors (Lipinski definition) is 1. The molecule has 0 spiro atoms. The van der Waals surface area contributed by atoms with Gasteiger partial charge in [0, 0.05) is 6.04 Å². The summed E-state index contributed by atoms with van der Waals surface area (Å²) in [5, 5.41) is 9.53. The second-order valence-corrected chi connectivity index (χ2v) is 5.19. The molecule has 0 radical (unpaired) electrons. The van der Waals surface area contributed by atoms with E-state index in [-0.39, 0.29) is 6.10 Å². The quantitative estimate of drug-likeness (QED) is 0.695. The highest BCUT2D eigenvalue weighted by molar-refractivity contribution is 4.83. The summed E-state index contributed by atoms with van der Waals surface area (Å²) in [6.07, 6.45) is 7.35. The van der Waals surface area contributed by atoms with Gasteiger partial charge in [-0.2, -0.15) is 0 Å². The van der Waals surface area contributed by atoms with Crippen LogP contribution in [0.3, 0.4) is 0 Å². The van der Waals surface area contributed by atoms with Gasteiger partial charge in [-0.05, 0) is 57.5 Å². The zero-order valence-electron chi connectivity index (χ0n) is 9.28. The Balaban J connectivity index is 1.84. The third-order valence-corrected chi connectivity index (χ3v) is 3.95. The fourth-order valence-corrected chi connectivity index (χ4v) is 2.92. The SMILES string of the molecule is CC1CCCN(C2CCC(O)C2)CC1. The molecule has 0 aromatic rings. The maximum atomic E-state index is 9.53. The molecule has 2 fully saturated rings. The topological polar surface area (TPSA) is 23.5 Å². The van der Waals surface area contributed by atoms with E-state index >= 15 is 0 Å². The van der Waals surface area contributed by atoms with E-state index < -0.39 is 0 Å². The smallest absolute Gasteiger partial charge is 0.0555 e. The van der Waals surface area contributed by atoms with Crippen molar-refractivity contribution in [2.75, 3.05) is 13.1 Å². The van der Waals surface area contributed by atoms with Gasteiger partial charge in [0.05, 0.1) is 6.10 Å². The van der Waals surface area contributed by atoms with Crippen LogP contribution in [-0.4, -0.2) is 35.2 Å². The van der Waals surface area contributed by atoms with Crippen LogP contribution in [0.25, 0.3) is 0 Å². The van der Waals surface area contributed by atoms with Gasteiger partial charge >= 0.3 is 0 Å². The number of likely N-dealkylation sites (tertiary alicyclic amines) is 1. The molecular formula is C12H23NO. The van der Waals surface area contributed by atoms with Crippen molar-refractivity contribution >= 4 is 0 Å². The van der Waals surface area contributed by atoms with Crippen molar-refractivity contribution < 1.29 is 5.11 Å². The van der Waals surface area contributed by atoms with Gasteiger partial charge in [-0.3, -0.25) is 0 Å². The second kappa shape index (κ2) is 4.63. The maximum Gasteiger partial charge on any atom is 0.0555 e. The van der Waals surface area contributed by atoms with Gasteiger partial charge in [0.1, 0.15) is 0 Å². The van der Waals surface area contributed by atoms with Gasteiger partial charge in [-0.1, -0.05) is 6.92 Å². The van der Waals surface area contributed by atoms with E-state index in [2.05, 4.69) is 11.8 Å². The standard InChI is InChI=1S/C12H23NO/c1-10-3-2-7-13(8-6-10)11-4-5-12(14)9-11/h10-12,14H,2-9H2,1H3. The molecule has 2 rings (SSSR count). The van der Waals surface area contributed by atoms with Crippen LogP contribution in [0.5, 0.6) is 0 Å². The Labute approximate surface area is 87.3 Å². The number of aliphatic hydroxyl groups excluding tert-OH is 1. The van der Waals surface area contributed by atoms with Crippen molar-refractivity contribution in [3.8, 4) is 0 Å². The molecular weight excluding hydrogens is 174 g/mol. The number of aliphatic hydroxyl groups is 1. The zero-order valence-corrected chi connectivity index (χ0v) is 9.28. The molecule has 2 heteroatoms. The summed E-state index contributed by atoms with van der Waals surface area (Å²) in [6.45, 7) is 4.90. The fraction of sp³-hybridized carbons (Fsp3) is 1.00. The fourth-order valence-electron chi connectivity index (χ4n) is 2.92. The predicted octanol–water partition coefficient (Wildman–Crippen LogP) is 2.02. The van der Waals surface area contributed by atoms with E-state index in [0.29, 0.717) is 6.04 Å². The zero-order chi connectivity index (χ0) is 9.97. The van der Waals surface area contributed by atoms with E-state index in [0.717, 1.165) is 18.8 Å². The molecule has 1 aliphatic carbocycles. The molecule has 1 aliphatic heterocycles. The van der Waals surface area contributed by atoms with Gasteiger partial charge < -0.3 is 10.0 Å². The highest BCUT2D eigenvalue weighted by atomic mass is 16.3. The first kappa shape index (κ1) is 10.4. The van der Waals surface area contributed by atoms with Crippen LogP contribution < -0.4 is 0 Å². The minimum Gasteiger partial charge on any atom is -0.393 e. The Kier molecular flexibility index (Phi) is 3.45. The molecule has 0 aromatic carbocycles. The molecule has 0 bridgehead atoms. The van der Waals surface area contributed by atoms with Gasteiger partial charge in [-0.25, -0.2) is 0 Å². The Hall–Kier alpha value is -0.0800. The number of rotatable bonds is 1. The maximum absolute atomic E-state index is 9.53. The van der Waals surface area contributed by atoms with Crippen LogP contribution in [-0.2, 0) is 0 Å². The molecule has 3 atom stereocenters. The predicted molar refractivity (Wildman–Crippen MR) is 58.2 cm³/mol. The lowest BCUT2D eigenvalue weighted by Crippen LogP contribution is -2.34. The molecule has 3 unspecified atom stereocenters. The summed E-state index contributed by atoms with van der Waals surface area (Å²) < 4.78 is 0. The van der Waals surface area contributed by atoms with Crippen molar-refractivity contribution in [3.63, 3.8) is 0 Å². The van der Waals surface area contributed by atoms with Crippen LogP contribution in [0.2, 0.25) is 0 Å². The summed E-state index contributed by atoms with van der Waals surface area (Å²) in [7, 11) is 0. The summed E-state index contributed by atoms with van der Waals surface area (Å²) in [5.41, 5.74) is 0. The largest absolute Gasteiger partial charge is 0.393 e. The summed E-state index contributed by atoms with van der Waals surface area (Å²) in [6, 6.07) is 0.690. The monoisotopic (exact) mass is 197 g/mol. The van der Waals surface area contributed by atoms with Crippen molar-refractivity contribution in [1.82, 2.24) is 4.90 Å². The average Bonchev–Trinajstić information content (AvgIpc) is 2.46. The summed E-state index contributed by atoms with van der Waals surface area (Å²) in [5.74, 6) is 0.909. The molecule has 82 valence electrons. The Morgan fingerprint density at radius 1 is 1.07 bits per heavy atom. The Morgan fingerprint density at radius 3 is 2.64 bits per heavy atom. The van der Waals surface area contributed by atoms with Gasteiger partial charge in [0.25, 0.3) is 0 Å². The summed E-state index contributed by atoms with van der Waals surface area (Å²) >= 11 is 0. The first-order valence-corrected chi connectivity index (χ1v) is 6.18. The van der Waals surface area contributed by atoms with E-state index in [1.54, 1.807) is 0 Å². The first-order chi connectivity index (χ1) is 6.75. The van der Waals surface area contributed by atoms with E-state index in [1.165, 1.54) is 38.8 Å². The molecule has 1 saturated carbocycles. The minimum absolute atomic E-state index is 0.0133. The van der Waals surface area contributed by atoms with Crippen LogP contribution in [0.4, 0.5) is 0 Å². The number of nitrogens with zero attached hydrogens (tertiary/aromatic N) is 1. The molecule has 1 N–H and O–H groups in total. The highest BCUT2D eigenvalue weighted by Gasteiger charge is 2.28. The van der Waals surface area contributed by atoms with Crippen LogP contribution in [0.15, 0.2) is 0 Å². The number of hydrogen-bond acceptors (Lipinski definition) is 2. The highest BCUT2D eigenvalue weighted by Crippen LogP contribution is 2.27. The Morgan fingerprint density at radius 2 is 1.93 bits per heavy atom. The normalized spacial score (nSPS) is 41.1. The first-order valence-electron chi connectivity index (χ1n) is 6.18.